The molecule has 1 aromatic rings. The van der Waals surface area contributed by atoms with Crippen LogP contribution in [0.2, 0.25) is 0 Å². The monoisotopic (exact) mass is 260 g/mol. The predicted molar refractivity (Wildman–Crippen MR) is 59.6 cm³/mol. The first-order valence-electron chi connectivity index (χ1n) is 4.43. The van der Waals surface area contributed by atoms with Crippen LogP contribution < -0.4 is 11.5 Å². The van der Waals surface area contributed by atoms with Gasteiger partial charge >= 0.3 is 0 Å². The van der Waals surface area contributed by atoms with E-state index in [1.165, 1.54) is 4.88 Å². The zero-order valence-electron chi connectivity index (χ0n) is 7.24. The smallest absolute Gasteiger partial charge is 0.0701 e. The lowest BCUT2D eigenvalue weighted by molar-refractivity contribution is 0.226. The number of hydrogen-bond donors (Lipinski definition) is 2. The third kappa shape index (κ3) is 1.96. The third-order valence-electron chi connectivity index (χ3n) is 2.64. The molecule has 13 heavy (non-hydrogen) atoms. The van der Waals surface area contributed by atoms with Gasteiger partial charge in [0.15, 0.2) is 0 Å². The Balaban J connectivity index is 2.01. The van der Waals surface area contributed by atoms with E-state index >= 15 is 0 Å². The molecular formula is C9H13BrN2S. The Bertz CT molecular complexity index is 294. The molecule has 2 rings (SSSR count). The predicted octanol–water partition coefficient (Wildman–Crippen LogP) is 2.25. The second kappa shape index (κ2) is 3.69. The van der Waals surface area contributed by atoms with Gasteiger partial charge in [-0.2, -0.15) is 0 Å². The van der Waals surface area contributed by atoms with Crippen molar-refractivity contribution >= 4 is 27.3 Å². The molecule has 1 aliphatic carbocycles. The summed E-state index contributed by atoms with van der Waals surface area (Å²) in [6, 6.07) is 4.73. The minimum atomic E-state index is 0.191. The van der Waals surface area contributed by atoms with Crippen molar-refractivity contribution < 1.29 is 0 Å². The van der Waals surface area contributed by atoms with E-state index in [9.17, 15) is 0 Å². The molecule has 1 aromatic heterocycles. The van der Waals surface area contributed by atoms with Gasteiger partial charge in [-0.15, -0.1) is 11.3 Å². The highest BCUT2D eigenvalue weighted by Crippen LogP contribution is 2.38. The van der Waals surface area contributed by atoms with Crippen LogP contribution in [0.25, 0.3) is 0 Å². The molecule has 4 heteroatoms. The number of hydrogen-bond acceptors (Lipinski definition) is 3. The average molecular weight is 261 g/mol. The summed E-state index contributed by atoms with van der Waals surface area (Å²) in [5.41, 5.74) is 11.8. The van der Waals surface area contributed by atoms with Gasteiger partial charge in [-0.25, -0.2) is 0 Å². The summed E-state index contributed by atoms with van der Waals surface area (Å²) in [7, 11) is 0. The van der Waals surface area contributed by atoms with Gasteiger partial charge in [-0.05, 0) is 46.8 Å². The lowest BCUT2D eigenvalue weighted by Gasteiger charge is -2.36. The molecule has 72 valence electrons. The van der Waals surface area contributed by atoms with Gasteiger partial charge in [0.1, 0.15) is 0 Å². The second-order valence-electron chi connectivity index (χ2n) is 3.66. The summed E-state index contributed by atoms with van der Waals surface area (Å²) in [6.07, 6.45) is 2.16. The van der Waals surface area contributed by atoms with Gasteiger partial charge in [0.25, 0.3) is 0 Å². The van der Waals surface area contributed by atoms with Gasteiger partial charge in [0.05, 0.1) is 3.79 Å². The summed E-state index contributed by atoms with van der Waals surface area (Å²) in [5, 5.41) is 0. The fourth-order valence-corrected chi connectivity index (χ4v) is 3.26. The van der Waals surface area contributed by atoms with Crippen LogP contribution in [-0.2, 0) is 0 Å². The highest BCUT2D eigenvalue weighted by Gasteiger charge is 2.32. The Hall–Kier alpha value is 0.1000. The molecule has 1 aliphatic rings. The van der Waals surface area contributed by atoms with E-state index in [1.807, 2.05) is 0 Å². The molecule has 1 unspecified atom stereocenters. The average Bonchev–Trinajstić information content (AvgIpc) is 2.45. The van der Waals surface area contributed by atoms with Crippen LogP contribution in [0.5, 0.6) is 0 Å². The van der Waals surface area contributed by atoms with E-state index in [0.717, 1.165) is 16.6 Å². The normalized spacial score (nSPS) is 29.8. The SMILES string of the molecule is NC1CC(C(N)c2ccc(Br)s2)C1. The standard InChI is InChI=1S/C9H13BrN2S/c10-8-2-1-7(13-8)9(12)5-3-6(11)4-5/h1-2,5-6,9H,3-4,11-12H2. The van der Waals surface area contributed by atoms with Gasteiger partial charge in [0.2, 0.25) is 0 Å². The summed E-state index contributed by atoms with van der Waals surface area (Å²) < 4.78 is 1.15. The lowest BCUT2D eigenvalue weighted by Crippen LogP contribution is -2.41. The summed E-state index contributed by atoms with van der Waals surface area (Å²) in [5.74, 6) is 0.598. The van der Waals surface area contributed by atoms with Crippen LogP contribution in [0.15, 0.2) is 15.9 Å². The molecule has 0 bridgehead atoms. The van der Waals surface area contributed by atoms with Crippen molar-refractivity contribution in [3.63, 3.8) is 0 Å². The zero-order valence-corrected chi connectivity index (χ0v) is 9.64. The van der Waals surface area contributed by atoms with E-state index < -0.39 is 0 Å². The second-order valence-corrected chi connectivity index (χ2v) is 6.15. The van der Waals surface area contributed by atoms with Crippen molar-refractivity contribution in [1.29, 1.82) is 0 Å². The Morgan fingerprint density at radius 3 is 2.62 bits per heavy atom. The minimum Gasteiger partial charge on any atom is -0.328 e. The first-order valence-corrected chi connectivity index (χ1v) is 6.04. The van der Waals surface area contributed by atoms with E-state index in [1.54, 1.807) is 11.3 Å². The van der Waals surface area contributed by atoms with E-state index in [2.05, 4.69) is 28.1 Å². The Morgan fingerprint density at radius 1 is 1.46 bits per heavy atom. The van der Waals surface area contributed by atoms with Crippen molar-refractivity contribution in [3.8, 4) is 0 Å². The Morgan fingerprint density at radius 2 is 2.15 bits per heavy atom. The topological polar surface area (TPSA) is 52.0 Å². The maximum absolute atomic E-state index is 6.11. The van der Waals surface area contributed by atoms with Gasteiger partial charge in [0, 0.05) is 17.0 Å². The highest BCUT2D eigenvalue weighted by atomic mass is 79.9. The molecule has 0 radical (unpaired) electrons. The van der Waals surface area contributed by atoms with Crippen molar-refractivity contribution in [2.24, 2.45) is 17.4 Å². The number of nitrogens with two attached hydrogens (primary N) is 2. The van der Waals surface area contributed by atoms with Gasteiger partial charge in [-0.3, -0.25) is 0 Å². The van der Waals surface area contributed by atoms with E-state index in [4.69, 9.17) is 11.5 Å². The van der Waals surface area contributed by atoms with Crippen LogP contribution in [0.4, 0.5) is 0 Å². The molecule has 0 aromatic carbocycles. The third-order valence-corrected chi connectivity index (χ3v) is 4.37. The molecule has 1 saturated carbocycles. The molecule has 1 fully saturated rings. The van der Waals surface area contributed by atoms with Crippen molar-refractivity contribution in [2.75, 3.05) is 0 Å². The molecule has 4 N–H and O–H groups in total. The molecule has 0 amide bonds. The maximum atomic E-state index is 6.11. The summed E-state index contributed by atoms with van der Waals surface area (Å²) >= 11 is 5.17. The lowest BCUT2D eigenvalue weighted by atomic mass is 9.76. The van der Waals surface area contributed by atoms with Crippen LogP contribution in [0.1, 0.15) is 23.8 Å². The number of halogens is 1. The van der Waals surface area contributed by atoms with Crippen LogP contribution >= 0.6 is 27.3 Å². The van der Waals surface area contributed by atoms with Gasteiger partial charge < -0.3 is 11.5 Å². The minimum absolute atomic E-state index is 0.191. The van der Waals surface area contributed by atoms with Crippen molar-refractivity contribution in [2.45, 2.75) is 24.9 Å². The molecule has 1 atom stereocenters. The van der Waals surface area contributed by atoms with Crippen LogP contribution in [-0.4, -0.2) is 6.04 Å². The molecule has 2 nitrogen and oxygen atoms in total. The maximum Gasteiger partial charge on any atom is 0.0701 e. The Labute approximate surface area is 90.4 Å². The zero-order chi connectivity index (χ0) is 9.42. The summed E-state index contributed by atoms with van der Waals surface area (Å²) in [6.45, 7) is 0. The molecule has 0 aliphatic heterocycles. The quantitative estimate of drug-likeness (QED) is 0.857. The van der Waals surface area contributed by atoms with Crippen LogP contribution in [0, 0.1) is 5.92 Å². The number of rotatable bonds is 2. The number of thiophene rings is 1. The largest absolute Gasteiger partial charge is 0.328 e. The molecule has 0 saturated heterocycles. The first-order chi connectivity index (χ1) is 6.16. The van der Waals surface area contributed by atoms with Crippen LogP contribution in [0.3, 0.4) is 0 Å². The molecular weight excluding hydrogens is 248 g/mol. The van der Waals surface area contributed by atoms with Crippen molar-refractivity contribution in [3.05, 3.63) is 20.8 Å². The van der Waals surface area contributed by atoms with Gasteiger partial charge in [-0.1, -0.05) is 0 Å². The Kier molecular flexibility index (Phi) is 2.74. The van der Waals surface area contributed by atoms with E-state index in [0.29, 0.717) is 12.0 Å². The fraction of sp³-hybridized carbons (Fsp3) is 0.556. The molecule has 1 heterocycles. The molecule has 0 spiro atoms. The fourth-order valence-electron chi connectivity index (χ4n) is 1.74. The highest BCUT2D eigenvalue weighted by molar-refractivity contribution is 9.11. The van der Waals surface area contributed by atoms with E-state index in [-0.39, 0.29) is 6.04 Å². The first kappa shape index (κ1) is 9.65. The summed E-state index contributed by atoms with van der Waals surface area (Å²) in [4.78, 5) is 1.27. The van der Waals surface area contributed by atoms with Crippen molar-refractivity contribution in [1.82, 2.24) is 0 Å².